The van der Waals surface area contributed by atoms with Crippen molar-refractivity contribution in [1.29, 1.82) is 0 Å². The Bertz CT molecular complexity index is 208. The van der Waals surface area contributed by atoms with Crippen LogP contribution in [0.4, 0.5) is 4.79 Å². The summed E-state index contributed by atoms with van der Waals surface area (Å²) in [6, 6.07) is -1.23. The lowest BCUT2D eigenvalue weighted by molar-refractivity contribution is -0.123. The van der Waals surface area contributed by atoms with Gasteiger partial charge in [0.2, 0.25) is 5.91 Å². The molecule has 6 N–H and O–H groups in total. The zero-order valence-electron chi connectivity index (χ0n) is 9.08. The van der Waals surface area contributed by atoms with E-state index in [1.165, 1.54) is 0 Å². The maximum atomic E-state index is 11.5. The number of primary amides is 1. The second kappa shape index (κ2) is 8.05. The van der Waals surface area contributed by atoms with Crippen molar-refractivity contribution in [3.63, 3.8) is 0 Å². The second-order valence-electron chi connectivity index (χ2n) is 3.28. The molecule has 0 aromatic carbocycles. The van der Waals surface area contributed by atoms with E-state index in [1.807, 2.05) is 6.92 Å². The monoisotopic (exact) mass is 216 g/mol. The number of nitrogens with one attached hydrogen (secondary N) is 2. The number of amides is 3. The standard InChI is InChI=1S/C9H20N4O2/c1-2-3-4-7(13-9(11)15)8(14)12-6-5-10/h7H,2-6,10H2,1H3,(H,12,14)(H3,11,13,15). The number of carbonyl (C=O) groups excluding carboxylic acids is 2. The van der Waals surface area contributed by atoms with Gasteiger partial charge < -0.3 is 22.1 Å². The quantitative estimate of drug-likeness (QED) is 0.451. The number of unbranched alkanes of at least 4 members (excludes halogenated alkanes) is 1. The van der Waals surface area contributed by atoms with E-state index in [4.69, 9.17) is 11.5 Å². The Hall–Kier alpha value is -1.30. The molecule has 0 spiro atoms. The van der Waals surface area contributed by atoms with Crippen molar-refractivity contribution in [1.82, 2.24) is 10.6 Å². The van der Waals surface area contributed by atoms with Crippen LogP contribution in [0.3, 0.4) is 0 Å². The molecule has 0 heterocycles. The fourth-order valence-electron chi connectivity index (χ4n) is 1.17. The topological polar surface area (TPSA) is 110 Å². The summed E-state index contributed by atoms with van der Waals surface area (Å²) in [6.45, 7) is 2.80. The van der Waals surface area contributed by atoms with E-state index in [9.17, 15) is 9.59 Å². The van der Waals surface area contributed by atoms with Gasteiger partial charge in [0, 0.05) is 13.1 Å². The molecule has 88 valence electrons. The van der Waals surface area contributed by atoms with Gasteiger partial charge in [-0.15, -0.1) is 0 Å². The van der Waals surface area contributed by atoms with Gasteiger partial charge >= 0.3 is 6.03 Å². The Balaban J connectivity index is 4.07. The zero-order chi connectivity index (χ0) is 11.7. The SMILES string of the molecule is CCCCC(NC(N)=O)C(=O)NCCN. The van der Waals surface area contributed by atoms with Crippen LogP contribution in [-0.2, 0) is 4.79 Å². The van der Waals surface area contributed by atoms with Crippen molar-refractivity contribution in [2.75, 3.05) is 13.1 Å². The lowest BCUT2D eigenvalue weighted by atomic mass is 10.1. The third-order valence-electron chi connectivity index (χ3n) is 1.92. The van der Waals surface area contributed by atoms with E-state index < -0.39 is 12.1 Å². The molecule has 0 bridgehead atoms. The number of nitrogens with two attached hydrogens (primary N) is 2. The third-order valence-corrected chi connectivity index (χ3v) is 1.92. The number of hydrogen-bond donors (Lipinski definition) is 4. The van der Waals surface area contributed by atoms with Gasteiger partial charge in [0.1, 0.15) is 6.04 Å². The van der Waals surface area contributed by atoms with Gasteiger partial charge in [0.05, 0.1) is 0 Å². The van der Waals surface area contributed by atoms with Crippen LogP contribution >= 0.6 is 0 Å². The van der Waals surface area contributed by atoms with Gasteiger partial charge in [-0.05, 0) is 6.42 Å². The molecule has 0 fully saturated rings. The summed E-state index contributed by atoms with van der Waals surface area (Å²) in [6.07, 6.45) is 2.41. The van der Waals surface area contributed by atoms with Gasteiger partial charge in [0.15, 0.2) is 0 Å². The van der Waals surface area contributed by atoms with E-state index >= 15 is 0 Å². The minimum Gasteiger partial charge on any atom is -0.353 e. The summed E-state index contributed by atoms with van der Waals surface area (Å²) < 4.78 is 0. The van der Waals surface area contributed by atoms with Crippen molar-refractivity contribution in [2.24, 2.45) is 11.5 Å². The Morgan fingerprint density at radius 3 is 2.53 bits per heavy atom. The lowest BCUT2D eigenvalue weighted by Gasteiger charge is -2.16. The van der Waals surface area contributed by atoms with Crippen LogP contribution in [0.25, 0.3) is 0 Å². The number of carbonyl (C=O) groups is 2. The molecule has 0 rings (SSSR count). The van der Waals surface area contributed by atoms with E-state index in [1.54, 1.807) is 0 Å². The zero-order valence-corrected chi connectivity index (χ0v) is 9.08. The molecule has 0 aliphatic heterocycles. The van der Waals surface area contributed by atoms with Crippen LogP contribution in [0.5, 0.6) is 0 Å². The first-order chi connectivity index (χ1) is 7.11. The molecular weight excluding hydrogens is 196 g/mol. The largest absolute Gasteiger partial charge is 0.353 e. The maximum absolute atomic E-state index is 11.5. The Labute approximate surface area is 89.8 Å². The normalized spacial score (nSPS) is 11.9. The fourth-order valence-corrected chi connectivity index (χ4v) is 1.17. The highest BCUT2D eigenvalue weighted by Crippen LogP contribution is 2.00. The van der Waals surface area contributed by atoms with Crippen LogP contribution in [0, 0.1) is 0 Å². The van der Waals surface area contributed by atoms with Gasteiger partial charge in [-0.25, -0.2) is 4.79 Å². The van der Waals surface area contributed by atoms with E-state index in [2.05, 4.69) is 10.6 Å². The van der Waals surface area contributed by atoms with Crippen LogP contribution in [-0.4, -0.2) is 31.1 Å². The highest BCUT2D eigenvalue weighted by molar-refractivity contribution is 5.86. The van der Waals surface area contributed by atoms with E-state index in [-0.39, 0.29) is 5.91 Å². The van der Waals surface area contributed by atoms with E-state index in [0.717, 1.165) is 12.8 Å². The highest BCUT2D eigenvalue weighted by Gasteiger charge is 2.18. The van der Waals surface area contributed by atoms with Crippen molar-refractivity contribution in [2.45, 2.75) is 32.2 Å². The van der Waals surface area contributed by atoms with Crippen molar-refractivity contribution < 1.29 is 9.59 Å². The second-order valence-corrected chi connectivity index (χ2v) is 3.28. The van der Waals surface area contributed by atoms with Crippen LogP contribution in [0.2, 0.25) is 0 Å². The Morgan fingerprint density at radius 2 is 2.07 bits per heavy atom. The molecule has 0 aliphatic carbocycles. The van der Waals surface area contributed by atoms with E-state index in [0.29, 0.717) is 19.5 Å². The molecule has 0 aromatic rings. The van der Waals surface area contributed by atoms with Crippen LogP contribution in [0.1, 0.15) is 26.2 Å². The number of rotatable bonds is 7. The predicted octanol–water partition coefficient (Wildman–Crippen LogP) is -0.712. The molecule has 0 radical (unpaired) electrons. The molecular formula is C9H20N4O2. The summed E-state index contributed by atoms with van der Waals surface area (Å²) in [5.41, 5.74) is 10.2. The average molecular weight is 216 g/mol. The first-order valence-electron chi connectivity index (χ1n) is 5.15. The first-order valence-corrected chi connectivity index (χ1v) is 5.15. The molecule has 0 saturated heterocycles. The van der Waals surface area contributed by atoms with Crippen molar-refractivity contribution in [3.8, 4) is 0 Å². The molecule has 6 heteroatoms. The molecule has 6 nitrogen and oxygen atoms in total. The molecule has 0 saturated carbocycles. The maximum Gasteiger partial charge on any atom is 0.312 e. The number of urea groups is 1. The van der Waals surface area contributed by atoms with Crippen molar-refractivity contribution in [3.05, 3.63) is 0 Å². The number of hydrogen-bond acceptors (Lipinski definition) is 3. The smallest absolute Gasteiger partial charge is 0.312 e. The lowest BCUT2D eigenvalue weighted by Crippen LogP contribution is -2.49. The fraction of sp³-hybridized carbons (Fsp3) is 0.778. The molecule has 1 atom stereocenters. The average Bonchev–Trinajstić information content (AvgIpc) is 2.20. The molecule has 0 aliphatic rings. The Morgan fingerprint density at radius 1 is 1.40 bits per heavy atom. The van der Waals surface area contributed by atoms with Gasteiger partial charge in [-0.2, -0.15) is 0 Å². The summed E-state index contributed by atoms with van der Waals surface area (Å²) >= 11 is 0. The van der Waals surface area contributed by atoms with Crippen molar-refractivity contribution >= 4 is 11.9 Å². The molecule has 0 aromatic heterocycles. The van der Waals surface area contributed by atoms with Gasteiger partial charge in [-0.1, -0.05) is 19.8 Å². The first kappa shape index (κ1) is 13.7. The van der Waals surface area contributed by atoms with Gasteiger partial charge in [-0.3, -0.25) is 4.79 Å². The minimum atomic E-state index is -0.681. The highest BCUT2D eigenvalue weighted by atomic mass is 16.2. The van der Waals surface area contributed by atoms with Crippen LogP contribution in [0.15, 0.2) is 0 Å². The summed E-state index contributed by atoms with van der Waals surface area (Å²) in [5.74, 6) is -0.229. The predicted molar refractivity (Wildman–Crippen MR) is 58.1 cm³/mol. The molecule has 3 amide bonds. The molecule has 1 unspecified atom stereocenters. The van der Waals surface area contributed by atoms with Crippen LogP contribution < -0.4 is 22.1 Å². The molecule has 15 heavy (non-hydrogen) atoms. The Kier molecular flexibility index (Phi) is 7.35. The summed E-state index contributed by atoms with van der Waals surface area (Å²) in [7, 11) is 0. The third kappa shape index (κ3) is 6.73. The minimum absolute atomic E-state index is 0.229. The summed E-state index contributed by atoms with van der Waals surface area (Å²) in [4.78, 5) is 22.2. The van der Waals surface area contributed by atoms with Gasteiger partial charge in [0.25, 0.3) is 0 Å². The summed E-state index contributed by atoms with van der Waals surface area (Å²) in [5, 5.41) is 5.02.